The third-order valence-corrected chi connectivity index (χ3v) is 3.83. The van der Waals surface area contributed by atoms with E-state index in [-0.39, 0.29) is 11.9 Å². The van der Waals surface area contributed by atoms with Crippen molar-refractivity contribution in [3.8, 4) is 5.75 Å². The topological polar surface area (TPSA) is 68.5 Å². The summed E-state index contributed by atoms with van der Waals surface area (Å²) in [6, 6.07) is 8.90. The highest BCUT2D eigenvalue weighted by Crippen LogP contribution is 2.31. The van der Waals surface area contributed by atoms with Crippen LogP contribution in [-0.2, 0) is 0 Å². The molecular weight excluding hydrogens is 282 g/mol. The van der Waals surface area contributed by atoms with E-state index in [1.54, 1.807) is 13.8 Å². The SMILES string of the molecule is Cc1cc(=O)oc(C)c1C(=O)N[C@H]1CCOc2ccccc21. The van der Waals surface area contributed by atoms with Crippen LogP contribution in [0.2, 0.25) is 0 Å². The summed E-state index contributed by atoms with van der Waals surface area (Å²) < 4.78 is 10.6. The zero-order valence-electron chi connectivity index (χ0n) is 12.5. The molecule has 0 bridgehead atoms. The first-order chi connectivity index (χ1) is 10.6. The van der Waals surface area contributed by atoms with Crippen molar-refractivity contribution in [2.24, 2.45) is 0 Å². The van der Waals surface area contributed by atoms with Gasteiger partial charge in [0.25, 0.3) is 5.91 Å². The average molecular weight is 299 g/mol. The molecule has 1 aliphatic rings. The second-order valence-electron chi connectivity index (χ2n) is 5.38. The van der Waals surface area contributed by atoms with Crippen LogP contribution in [0.1, 0.15) is 39.7 Å². The Morgan fingerprint density at radius 2 is 2.05 bits per heavy atom. The minimum Gasteiger partial charge on any atom is -0.493 e. The molecule has 0 saturated heterocycles. The highest BCUT2D eigenvalue weighted by atomic mass is 16.5. The van der Waals surface area contributed by atoms with Gasteiger partial charge in [0.1, 0.15) is 11.5 Å². The van der Waals surface area contributed by atoms with Crippen LogP contribution in [0.15, 0.2) is 39.5 Å². The van der Waals surface area contributed by atoms with Crippen LogP contribution in [0.25, 0.3) is 0 Å². The fraction of sp³-hybridized carbons (Fsp3) is 0.294. The molecule has 1 aromatic carbocycles. The zero-order valence-corrected chi connectivity index (χ0v) is 12.5. The van der Waals surface area contributed by atoms with Crippen molar-refractivity contribution < 1.29 is 13.9 Å². The highest BCUT2D eigenvalue weighted by molar-refractivity contribution is 5.96. The van der Waals surface area contributed by atoms with E-state index in [4.69, 9.17) is 9.15 Å². The molecule has 0 fully saturated rings. The summed E-state index contributed by atoms with van der Waals surface area (Å²) in [5, 5.41) is 3.01. The predicted molar refractivity (Wildman–Crippen MR) is 81.2 cm³/mol. The lowest BCUT2D eigenvalue weighted by molar-refractivity contribution is 0.0920. The maximum Gasteiger partial charge on any atom is 0.336 e. The number of hydrogen-bond donors (Lipinski definition) is 1. The van der Waals surface area contributed by atoms with Crippen LogP contribution in [0.4, 0.5) is 0 Å². The first-order valence-electron chi connectivity index (χ1n) is 7.20. The van der Waals surface area contributed by atoms with Gasteiger partial charge in [-0.25, -0.2) is 4.79 Å². The Morgan fingerprint density at radius 3 is 2.82 bits per heavy atom. The lowest BCUT2D eigenvalue weighted by atomic mass is 9.99. The van der Waals surface area contributed by atoms with Crippen LogP contribution in [-0.4, -0.2) is 12.5 Å². The van der Waals surface area contributed by atoms with E-state index in [1.165, 1.54) is 6.07 Å². The lowest BCUT2D eigenvalue weighted by Gasteiger charge is -2.26. The van der Waals surface area contributed by atoms with Gasteiger partial charge in [0.15, 0.2) is 0 Å². The number of carbonyl (C=O) groups is 1. The molecule has 2 heterocycles. The summed E-state index contributed by atoms with van der Waals surface area (Å²) >= 11 is 0. The Morgan fingerprint density at radius 1 is 1.27 bits per heavy atom. The van der Waals surface area contributed by atoms with Crippen LogP contribution >= 0.6 is 0 Å². The van der Waals surface area contributed by atoms with Crippen LogP contribution in [0.5, 0.6) is 5.75 Å². The number of hydrogen-bond acceptors (Lipinski definition) is 4. The van der Waals surface area contributed by atoms with Gasteiger partial charge in [-0.3, -0.25) is 4.79 Å². The van der Waals surface area contributed by atoms with E-state index in [0.717, 1.165) is 11.3 Å². The van der Waals surface area contributed by atoms with Gasteiger partial charge >= 0.3 is 5.63 Å². The number of benzene rings is 1. The van der Waals surface area contributed by atoms with Crippen molar-refractivity contribution in [2.75, 3.05) is 6.61 Å². The molecule has 1 aliphatic heterocycles. The quantitative estimate of drug-likeness (QED) is 0.925. The van der Waals surface area contributed by atoms with Crippen molar-refractivity contribution in [1.82, 2.24) is 5.32 Å². The molecule has 114 valence electrons. The molecule has 0 spiro atoms. The molecule has 3 rings (SSSR count). The number of ether oxygens (including phenoxy) is 1. The number of aryl methyl sites for hydroxylation is 2. The second-order valence-corrected chi connectivity index (χ2v) is 5.38. The molecule has 1 amide bonds. The van der Waals surface area contributed by atoms with E-state index in [1.807, 2.05) is 24.3 Å². The largest absolute Gasteiger partial charge is 0.493 e. The Balaban J connectivity index is 1.89. The molecule has 0 saturated carbocycles. The molecule has 1 aromatic heterocycles. The maximum absolute atomic E-state index is 12.6. The number of para-hydroxylation sites is 1. The summed E-state index contributed by atoms with van der Waals surface area (Å²) in [4.78, 5) is 23.9. The van der Waals surface area contributed by atoms with Crippen LogP contribution < -0.4 is 15.7 Å². The molecular formula is C17H17NO4. The molecule has 5 nitrogen and oxygen atoms in total. The van der Waals surface area contributed by atoms with Gasteiger partial charge in [0, 0.05) is 18.1 Å². The number of fused-ring (bicyclic) bond motifs is 1. The van der Waals surface area contributed by atoms with Gasteiger partial charge in [-0.2, -0.15) is 0 Å². The Kier molecular flexibility index (Phi) is 3.71. The van der Waals surface area contributed by atoms with Gasteiger partial charge < -0.3 is 14.5 Å². The Hall–Kier alpha value is -2.56. The Labute approximate surface area is 127 Å². The molecule has 2 aromatic rings. The summed E-state index contributed by atoms with van der Waals surface area (Å²) in [6.07, 6.45) is 0.706. The van der Waals surface area contributed by atoms with Crippen molar-refractivity contribution >= 4 is 5.91 Å². The molecule has 1 N–H and O–H groups in total. The third-order valence-electron chi connectivity index (χ3n) is 3.83. The van der Waals surface area contributed by atoms with E-state index < -0.39 is 5.63 Å². The normalized spacial score (nSPS) is 16.5. The summed E-state index contributed by atoms with van der Waals surface area (Å²) in [7, 11) is 0. The minimum absolute atomic E-state index is 0.108. The smallest absolute Gasteiger partial charge is 0.336 e. The van der Waals surface area contributed by atoms with Crippen molar-refractivity contribution in [3.63, 3.8) is 0 Å². The van der Waals surface area contributed by atoms with Gasteiger partial charge in [0.05, 0.1) is 18.2 Å². The van der Waals surface area contributed by atoms with Gasteiger partial charge in [-0.05, 0) is 25.5 Å². The van der Waals surface area contributed by atoms with Crippen molar-refractivity contribution in [2.45, 2.75) is 26.3 Å². The van der Waals surface area contributed by atoms with E-state index in [0.29, 0.717) is 29.9 Å². The second kappa shape index (κ2) is 5.67. The lowest BCUT2D eigenvalue weighted by Crippen LogP contribution is -2.33. The van der Waals surface area contributed by atoms with Gasteiger partial charge in [-0.15, -0.1) is 0 Å². The van der Waals surface area contributed by atoms with Crippen molar-refractivity contribution in [1.29, 1.82) is 0 Å². The summed E-state index contributed by atoms with van der Waals surface area (Å²) in [6.45, 7) is 3.92. The number of carbonyl (C=O) groups excluding carboxylic acids is 1. The van der Waals surface area contributed by atoms with E-state index in [9.17, 15) is 9.59 Å². The van der Waals surface area contributed by atoms with Gasteiger partial charge in [-0.1, -0.05) is 18.2 Å². The standard InChI is InChI=1S/C17H17NO4/c1-10-9-15(19)22-11(2)16(10)17(20)18-13-7-8-21-14-6-4-3-5-12(13)14/h3-6,9,13H,7-8H2,1-2H3,(H,18,20)/t13-/m0/s1. The summed E-state index contributed by atoms with van der Waals surface area (Å²) in [5.41, 5.74) is 1.56. The molecule has 0 radical (unpaired) electrons. The number of nitrogens with one attached hydrogen (secondary N) is 1. The fourth-order valence-corrected chi connectivity index (χ4v) is 2.82. The maximum atomic E-state index is 12.6. The molecule has 0 unspecified atom stereocenters. The number of rotatable bonds is 2. The van der Waals surface area contributed by atoms with Crippen molar-refractivity contribution in [3.05, 3.63) is 63.2 Å². The first-order valence-corrected chi connectivity index (χ1v) is 7.20. The van der Waals surface area contributed by atoms with Crippen LogP contribution in [0.3, 0.4) is 0 Å². The van der Waals surface area contributed by atoms with Crippen LogP contribution in [0, 0.1) is 13.8 Å². The number of amides is 1. The monoisotopic (exact) mass is 299 g/mol. The zero-order chi connectivity index (χ0) is 15.7. The van der Waals surface area contributed by atoms with E-state index in [2.05, 4.69) is 5.32 Å². The van der Waals surface area contributed by atoms with Gasteiger partial charge in [0.2, 0.25) is 0 Å². The van der Waals surface area contributed by atoms with E-state index >= 15 is 0 Å². The third kappa shape index (κ3) is 2.62. The average Bonchev–Trinajstić information content (AvgIpc) is 2.46. The molecule has 1 atom stereocenters. The molecule has 0 aliphatic carbocycles. The molecule has 22 heavy (non-hydrogen) atoms. The fourth-order valence-electron chi connectivity index (χ4n) is 2.82. The predicted octanol–water partition coefficient (Wildman–Crippen LogP) is 2.51. The summed E-state index contributed by atoms with van der Waals surface area (Å²) in [5.74, 6) is 0.899. The highest BCUT2D eigenvalue weighted by Gasteiger charge is 2.24. The molecule has 5 heteroatoms. The minimum atomic E-state index is -0.442. The Bertz CT molecular complexity index is 752. The first kappa shape index (κ1) is 14.4.